The van der Waals surface area contributed by atoms with Crippen LogP contribution in [0.15, 0.2) is 51.8 Å². The summed E-state index contributed by atoms with van der Waals surface area (Å²) in [5.74, 6) is 0.710. The van der Waals surface area contributed by atoms with E-state index in [-0.39, 0.29) is 11.8 Å². The van der Waals surface area contributed by atoms with Crippen molar-refractivity contribution < 1.29 is 4.79 Å². The summed E-state index contributed by atoms with van der Waals surface area (Å²) >= 11 is 5.07. The van der Waals surface area contributed by atoms with Crippen LogP contribution in [-0.4, -0.2) is 11.7 Å². The minimum atomic E-state index is -0.0962. The number of carbonyl (C=O) groups is 1. The number of nitrogens with one attached hydrogen (secondary N) is 1. The van der Waals surface area contributed by atoms with Crippen LogP contribution in [0.5, 0.6) is 0 Å². The van der Waals surface area contributed by atoms with E-state index in [1.165, 1.54) is 4.90 Å². The third kappa shape index (κ3) is 2.55. The molecule has 3 N–H and O–H groups in total. The van der Waals surface area contributed by atoms with Crippen molar-refractivity contribution in [3.8, 4) is 0 Å². The predicted octanol–water partition coefficient (Wildman–Crippen LogP) is 3.86. The molecule has 1 amide bonds. The van der Waals surface area contributed by atoms with Gasteiger partial charge in [0.1, 0.15) is 0 Å². The van der Waals surface area contributed by atoms with Crippen LogP contribution in [0.1, 0.15) is 11.5 Å². The summed E-state index contributed by atoms with van der Waals surface area (Å²) in [6.45, 7) is 0. The molecule has 2 aromatic carbocycles. The van der Waals surface area contributed by atoms with Gasteiger partial charge in [-0.05, 0) is 45.8 Å². The molecule has 1 aliphatic rings. The van der Waals surface area contributed by atoms with Crippen molar-refractivity contribution >= 4 is 45.0 Å². The number of benzene rings is 2. The summed E-state index contributed by atoms with van der Waals surface area (Å²) in [4.78, 5) is 13.6. The topological polar surface area (TPSA) is 55.1 Å². The summed E-state index contributed by atoms with van der Waals surface area (Å²) < 4.78 is 0.831. The number of halogens is 1. The van der Waals surface area contributed by atoms with E-state index in [9.17, 15) is 4.79 Å². The summed E-state index contributed by atoms with van der Waals surface area (Å²) in [6.07, 6.45) is 0. The first-order chi connectivity index (χ1) is 9.65. The van der Waals surface area contributed by atoms with Gasteiger partial charge in [0.2, 0.25) is 5.91 Å². The zero-order valence-corrected chi connectivity index (χ0v) is 13.0. The molecule has 0 aliphatic carbocycles. The van der Waals surface area contributed by atoms with Gasteiger partial charge in [-0.1, -0.05) is 18.2 Å². The second-order valence-corrected chi connectivity index (χ2v) is 6.54. The molecule has 0 saturated heterocycles. The zero-order chi connectivity index (χ0) is 14.1. The number of nitrogens with two attached hydrogens (primary N) is 1. The normalized spacial score (nSPS) is 16.8. The van der Waals surface area contributed by atoms with Crippen molar-refractivity contribution in [1.82, 2.24) is 0 Å². The quantitative estimate of drug-likeness (QED) is 0.810. The van der Waals surface area contributed by atoms with Gasteiger partial charge in [0, 0.05) is 26.5 Å². The Balaban J connectivity index is 1.79. The van der Waals surface area contributed by atoms with Crippen LogP contribution in [0.4, 0.5) is 11.4 Å². The average molecular weight is 349 g/mol. The Bertz CT molecular complexity index is 675. The van der Waals surface area contributed by atoms with Gasteiger partial charge in [-0.3, -0.25) is 4.79 Å². The van der Waals surface area contributed by atoms with Gasteiger partial charge in [0.25, 0.3) is 0 Å². The molecule has 1 heterocycles. The maximum Gasteiger partial charge on any atom is 0.232 e. The van der Waals surface area contributed by atoms with E-state index in [4.69, 9.17) is 5.73 Å². The van der Waals surface area contributed by atoms with Crippen LogP contribution in [0.3, 0.4) is 0 Å². The smallest absolute Gasteiger partial charge is 0.232 e. The number of hydrogen-bond acceptors (Lipinski definition) is 3. The molecule has 102 valence electrons. The van der Waals surface area contributed by atoms with Crippen LogP contribution >= 0.6 is 27.7 Å². The van der Waals surface area contributed by atoms with Crippen molar-refractivity contribution in [1.29, 1.82) is 0 Å². The average Bonchev–Trinajstić information content (AvgIpc) is 2.87. The first kappa shape index (κ1) is 13.5. The fraction of sp³-hybridized carbons (Fsp3) is 0.133. The van der Waals surface area contributed by atoms with Crippen molar-refractivity contribution in [2.45, 2.75) is 10.8 Å². The lowest BCUT2D eigenvalue weighted by Gasteiger charge is -2.12. The van der Waals surface area contributed by atoms with Crippen LogP contribution in [0, 0.1) is 0 Å². The Morgan fingerprint density at radius 1 is 1.30 bits per heavy atom. The van der Waals surface area contributed by atoms with E-state index in [1.807, 2.05) is 30.3 Å². The van der Waals surface area contributed by atoms with E-state index >= 15 is 0 Å². The molecule has 0 fully saturated rings. The maximum atomic E-state index is 12.4. The van der Waals surface area contributed by atoms with E-state index in [2.05, 4.69) is 27.3 Å². The lowest BCUT2D eigenvalue weighted by molar-refractivity contribution is -0.117. The molecule has 3 rings (SSSR count). The number of thioether (sulfide) groups is 1. The van der Waals surface area contributed by atoms with Gasteiger partial charge in [-0.2, -0.15) is 0 Å². The van der Waals surface area contributed by atoms with Crippen molar-refractivity contribution in [2.24, 2.45) is 0 Å². The molecular formula is C15H13BrN2OS. The number of fused-ring (bicyclic) bond motifs is 1. The molecule has 0 saturated carbocycles. The molecule has 1 atom stereocenters. The Kier molecular flexibility index (Phi) is 3.72. The van der Waals surface area contributed by atoms with Gasteiger partial charge < -0.3 is 11.1 Å². The van der Waals surface area contributed by atoms with Crippen molar-refractivity contribution in [3.05, 3.63) is 52.5 Å². The summed E-state index contributed by atoms with van der Waals surface area (Å²) in [5.41, 5.74) is 8.28. The van der Waals surface area contributed by atoms with Crippen molar-refractivity contribution in [2.75, 3.05) is 16.8 Å². The molecule has 0 spiro atoms. The van der Waals surface area contributed by atoms with Crippen LogP contribution < -0.4 is 11.1 Å². The Morgan fingerprint density at radius 2 is 2.10 bits per heavy atom. The van der Waals surface area contributed by atoms with Gasteiger partial charge in [-0.15, -0.1) is 11.8 Å². The van der Waals surface area contributed by atoms with Gasteiger partial charge in [-0.25, -0.2) is 0 Å². The van der Waals surface area contributed by atoms with Gasteiger partial charge >= 0.3 is 0 Å². The second kappa shape index (κ2) is 5.50. The standard InChI is InChI=1S/C15H13BrN2OS/c16-12-6-5-9(7-13(12)17)18-15(19)11-8-20-14-4-2-1-3-10(11)14/h1-7,11H,8,17H2,(H,18,19). The number of nitrogen functional groups attached to an aromatic ring is 1. The first-order valence-corrected chi connectivity index (χ1v) is 8.00. The van der Waals surface area contributed by atoms with Gasteiger partial charge in [0.15, 0.2) is 0 Å². The number of carbonyl (C=O) groups excluding carboxylic acids is 1. The third-order valence-electron chi connectivity index (χ3n) is 3.28. The minimum absolute atomic E-state index is 0.0178. The highest BCUT2D eigenvalue weighted by atomic mass is 79.9. The predicted molar refractivity (Wildman–Crippen MR) is 87.1 cm³/mol. The summed E-state index contributed by atoms with van der Waals surface area (Å²) in [6, 6.07) is 13.5. The Morgan fingerprint density at radius 3 is 2.90 bits per heavy atom. The number of hydrogen-bond donors (Lipinski definition) is 2. The SMILES string of the molecule is Nc1cc(NC(=O)C2CSc3ccccc32)ccc1Br. The molecular weight excluding hydrogens is 336 g/mol. The highest BCUT2D eigenvalue weighted by molar-refractivity contribution is 9.10. The molecule has 2 aromatic rings. The molecule has 3 nitrogen and oxygen atoms in total. The lowest BCUT2D eigenvalue weighted by atomic mass is 10.0. The highest BCUT2D eigenvalue weighted by Gasteiger charge is 2.28. The lowest BCUT2D eigenvalue weighted by Crippen LogP contribution is -2.21. The van der Waals surface area contributed by atoms with Crippen LogP contribution in [0.25, 0.3) is 0 Å². The maximum absolute atomic E-state index is 12.4. The van der Waals surface area contributed by atoms with Gasteiger partial charge in [0.05, 0.1) is 5.92 Å². The van der Waals surface area contributed by atoms with Crippen LogP contribution in [0.2, 0.25) is 0 Å². The second-order valence-electron chi connectivity index (χ2n) is 4.63. The Hall–Kier alpha value is -1.46. The summed E-state index contributed by atoms with van der Waals surface area (Å²) in [7, 11) is 0. The van der Waals surface area contributed by atoms with E-state index in [0.717, 1.165) is 21.5 Å². The monoisotopic (exact) mass is 348 g/mol. The Labute approximate surface area is 130 Å². The molecule has 5 heteroatoms. The fourth-order valence-electron chi connectivity index (χ4n) is 2.23. The van der Waals surface area contributed by atoms with E-state index in [1.54, 1.807) is 17.8 Å². The molecule has 0 bridgehead atoms. The number of amides is 1. The molecule has 0 aromatic heterocycles. The zero-order valence-electron chi connectivity index (χ0n) is 10.6. The third-order valence-corrected chi connectivity index (χ3v) is 5.18. The first-order valence-electron chi connectivity index (χ1n) is 6.23. The number of rotatable bonds is 2. The molecule has 1 aliphatic heterocycles. The van der Waals surface area contributed by atoms with E-state index in [0.29, 0.717) is 5.69 Å². The molecule has 20 heavy (non-hydrogen) atoms. The fourth-order valence-corrected chi connectivity index (χ4v) is 3.71. The highest BCUT2D eigenvalue weighted by Crippen LogP contribution is 2.39. The molecule has 0 radical (unpaired) electrons. The minimum Gasteiger partial charge on any atom is -0.398 e. The largest absolute Gasteiger partial charge is 0.398 e. The van der Waals surface area contributed by atoms with E-state index < -0.39 is 0 Å². The number of anilines is 2. The van der Waals surface area contributed by atoms with Crippen molar-refractivity contribution in [3.63, 3.8) is 0 Å². The molecule has 1 unspecified atom stereocenters. The summed E-state index contributed by atoms with van der Waals surface area (Å²) in [5, 5.41) is 2.94. The van der Waals surface area contributed by atoms with Crippen LogP contribution in [-0.2, 0) is 4.79 Å².